The Morgan fingerprint density at radius 1 is 0.862 bits per heavy atom. The number of allylic oxidation sites excluding steroid dienone is 1. The molecule has 1 aromatic carbocycles. The first-order valence-corrected chi connectivity index (χ1v) is 12.3. The second kappa shape index (κ2) is 8.38. The molecule has 5 rings (SSSR count). The molecule has 0 saturated carbocycles. The first-order valence-electron chi connectivity index (χ1n) is 10.9. The van der Waals surface area contributed by atoms with Crippen LogP contribution in [0.15, 0.2) is 53.5 Å². The average Bonchev–Trinajstić information content (AvgIpc) is 3.59. The van der Waals surface area contributed by atoms with Gasteiger partial charge in [0.05, 0.1) is 5.70 Å². The lowest BCUT2D eigenvalue weighted by atomic mass is 9.90. The second-order valence-corrected chi connectivity index (χ2v) is 9.28. The Morgan fingerprint density at radius 2 is 1.41 bits per heavy atom. The minimum Gasteiger partial charge on any atom is -0.365 e. The summed E-state index contributed by atoms with van der Waals surface area (Å²) in [5.41, 5.74) is 3.37. The molecule has 0 bridgehead atoms. The van der Waals surface area contributed by atoms with Gasteiger partial charge in [-0.3, -0.25) is 9.59 Å². The topological polar surface area (TPSA) is 43.2 Å². The molecule has 1 aromatic rings. The summed E-state index contributed by atoms with van der Waals surface area (Å²) in [6.07, 6.45) is 1.52. The van der Waals surface area contributed by atoms with Gasteiger partial charge in [-0.25, -0.2) is 0 Å². The van der Waals surface area contributed by atoms with Crippen molar-refractivity contribution in [2.45, 2.75) is 25.0 Å². The summed E-state index contributed by atoms with van der Waals surface area (Å²) in [4.78, 5) is 30.5. The molecule has 0 radical (unpaired) electrons. The van der Waals surface area contributed by atoms with Crippen LogP contribution >= 0.6 is 0 Å². The maximum absolute atomic E-state index is 12.4. The summed E-state index contributed by atoms with van der Waals surface area (Å²) >= 11 is 1.32. The molecule has 0 N–H and O–H groups in total. The number of rotatable bonds is 6. The molecule has 0 aromatic heterocycles. The molecule has 0 spiro atoms. The summed E-state index contributed by atoms with van der Waals surface area (Å²) in [6.45, 7) is 10.1. The molecular formula is C23H30AlN3O2. The Morgan fingerprint density at radius 3 is 1.93 bits per heavy atom. The lowest BCUT2D eigenvalue weighted by Gasteiger charge is -2.21. The molecule has 3 fully saturated rings. The van der Waals surface area contributed by atoms with E-state index >= 15 is 0 Å². The maximum Gasteiger partial charge on any atom is 0.227 e. The normalized spacial score (nSPS) is 22.0. The number of hydrogen-bond acceptors (Lipinski definition) is 5. The molecule has 152 valence electrons. The first-order chi connectivity index (χ1) is 14.0. The van der Waals surface area contributed by atoms with Crippen molar-refractivity contribution in [1.29, 1.82) is 0 Å². The van der Waals surface area contributed by atoms with Gasteiger partial charge >= 0.3 is 0 Å². The summed E-state index contributed by atoms with van der Waals surface area (Å²) in [5, 5.41) is 1.40. The molecule has 2 unspecified atom stereocenters. The third-order valence-electron chi connectivity index (χ3n) is 6.31. The van der Waals surface area contributed by atoms with E-state index in [9.17, 15) is 9.59 Å². The van der Waals surface area contributed by atoms with E-state index in [1.165, 1.54) is 33.2 Å². The quantitative estimate of drug-likeness (QED) is 0.408. The van der Waals surface area contributed by atoms with E-state index in [0.29, 0.717) is 17.1 Å². The van der Waals surface area contributed by atoms with Crippen LogP contribution < -0.4 is 0 Å². The van der Waals surface area contributed by atoms with Crippen LogP contribution in [0.2, 0.25) is 5.28 Å². The zero-order chi connectivity index (χ0) is 20.5. The van der Waals surface area contributed by atoms with Gasteiger partial charge in [0, 0.05) is 45.3 Å². The number of carbonyl (C=O) groups excluding carboxylic acids is 2. The fourth-order valence-electron chi connectivity index (χ4n) is 3.71. The third kappa shape index (κ3) is 4.60. The monoisotopic (exact) mass is 407 g/mol. The highest BCUT2D eigenvalue weighted by Crippen LogP contribution is 2.34. The van der Waals surface area contributed by atoms with Crippen LogP contribution in [0, 0.1) is 5.92 Å². The van der Waals surface area contributed by atoms with Gasteiger partial charge in [-0.05, 0) is 17.4 Å². The van der Waals surface area contributed by atoms with Crippen molar-refractivity contribution in [3.8, 4) is 0 Å². The SMILES string of the molecule is CC([CH2][AlH2])C(C)c1ccccc1.O=C1C=C(N2CC2)C(=O)C(N2CC2)=C1N1CC1. The number of benzene rings is 1. The molecule has 6 heteroatoms. The summed E-state index contributed by atoms with van der Waals surface area (Å²) < 4.78 is 0. The minimum atomic E-state index is 0.00546. The van der Waals surface area contributed by atoms with Gasteiger partial charge < -0.3 is 14.7 Å². The highest BCUT2D eigenvalue weighted by atomic mass is 27.0. The van der Waals surface area contributed by atoms with Crippen LogP contribution in [-0.4, -0.2) is 81.8 Å². The molecular weight excluding hydrogens is 377 g/mol. The van der Waals surface area contributed by atoms with Crippen LogP contribution in [0.25, 0.3) is 0 Å². The van der Waals surface area contributed by atoms with E-state index in [0.717, 1.165) is 51.1 Å². The van der Waals surface area contributed by atoms with Crippen molar-refractivity contribution in [1.82, 2.24) is 14.7 Å². The fraction of sp³-hybridized carbons (Fsp3) is 0.478. The van der Waals surface area contributed by atoms with E-state index in [4.69, 9.17) is 0 Å². The molecule has 0 amide bonds. The van der Waals surface area contributed by atoms with Crippen LogP contribution in [-0.2, 0) is 9.59 Å². The molecule has 29 heavy (non-hydrogen) atoms. The largest absolute Gasteiger partial charge is 0.365 e. The van der Waals surface area contributed by atoms with Crippen molar-refractivity contribution < 1.29 is 9.59 Å². The molecule has 3 saturated heterocycles. The van der Waals surface area contributed by atoms with Crippen molar-refractivity contribution in [3.05, 3.63) is 59.1 Å². The molecule has 3 aliphatic heterocycles. The van der Waals surface area contributed by atoms with Crippen LogP contribution in [0.1, 0.15) is 25.3 Å². The van der Waals surface area contributed by atoms with Gasteiger partial charge in [-0.2, -0.15) is 0 Å². The van der Waals surface area contributed by atoms with Crippen LogP contribution in [0.5, 0.6) is 0 Å². The van der Waals surface area contributed by atoms with Crippen LogP contribution in [0.3, 0.4) is 0 Å². The third-order valence-corrected chi connectivity index (χ3v) is 7.60. The number of hydrogen-bond donors (Lipinski definition) is 0. The molecule has 2 atom stereocenters. The van der Waals surface area contributed by atoms with E-state index in [2.05, 4.69) is 44.2 Å². The van der Waals surface area contributed by atoms with Gasteiger partial charge in [0.25, 0.3) is 0 Å². The summed E-state index contributed by atoms with van der Waals surface area (Å²) in [7, 11) is 0. The first kappa shape index (κ1) is 20.3. The van der Waals surface area contributed by atoms with Crippen molar-refractivity contribution in [3.63, 3.8) is 0 Å². The highest BCUT2D eigenvalue weighted by Gasteiger charge is 2.43. The van der Waals surface area contributed by atoms with Crippen molar-refractivity contribution >= 4 is 27.9 Å². The average molecular weight is 407 g/mol. The van der Waals surface area contributed by atoms with Gasteiger partial charge in [-0.15, -0.1) is 0 Å². The van der Waals surface area contributed by atoms with Gasteiger partial charge in [0.15, 0.2) is 0 Å². The van der Waals surface area contributed by atoms with Crippen LogP contribution in [0.4, 0.5) is 0 Å². The zero-order valence-electron chi connectivity index (χ0n) is 17.7. The van der Waals surface area contributed by atoms with Gasteiger partial charge in [0.1, 0.15) is 11.4 Å². The Labute approximate surface area is 181 Å². The van der Waals surface area contributed by atoms with E-state index in [-0.39, 0.29) is 11.6 Å². The Bertz CT molecular complexity index is 852. The zero-order valence-corrected chi connectivity index (χ0v) is 19.7. The minimum absolute atomic E-state index is 0.00546. The Balaban J connectivity index is 0.000000152. The number of carbonyl (C=O) groups is 2. The number of Topliss-reactive ketones (excluding diaryl/α,β-unsaturated/α-hetero) is 1. The number of ketones is 2. The van der Waals surface area contributed by atoms with Crippen molar-refractivity contribution in [2.24, 2.45) is 5.92 Å². The van der Waals surface area contributed by atoms with Gasteiger partial charge in [-0.1, -0.05) is 49.5 Å². The standard InChI is InChI=1S/C12H13N3O2.C11H15.Al.2H/c16-9-7-8(13-1-2-13)12(17)11(15-5-6-15)10(9)14-3-4-14;1-9(2)10(3)11-7-5-4-6-8-11;;;/h7H,1-6H2;4-10H,1H2,2-3H3;;;. The molecule has 1 aliphatic carbocycles. The predicted molar refractivity (Wildman–Crippen MR) is 117 cm³/mol. The lowest BCUT2D eigenvalue weighted by Crippen LogP contribution is -2.29. The fourth-order valence-corrected chi connectivity index (χ4v) is 4.42. The number of nitrogens with zero attached hydrogens (tertiary/aromatic N) is 3. The molecule has 5 nitrogen and oxygen atoms in total. The molecule has 4 aliphatic rings. The lowest BCUT2D eigenvalue weighted by molar-refractivity contribution is -0.117. The Kier molecular flexibility index (Phi) is 5.85. The smallest absolute Gasteiger partial charge is 0.227 e. The predicted octanol–water partition coefficient (Wildman–Crippen LogP) is 1.66. The van der Waals surface area contributed by atoms with Gasteiger partial charge in [0.2, 0.25) is 27.9 Å². The molecule has 3 heterocycles. The highest BCUT2D eigenvalue weighted by molar-refractivity contribution is 6.22. The van der Waals surface area contributed by atoms with Crippen molar-refractivity contribution in [2.75, 3.05) is 39.3 Å². The van der Waals surface area contributed by atoms with E-state index in [1.54, 1.807) is 0 Å². The van der Waals surface area contributed by atoms with E-state index in [1.807, 2.05) is 14.7 Å². The van der Waals surface area contributed by atoms with E-state index < -0.39 is 0 Å². The second-order valence-electron chi connectivity index (χ2n) is 8.47. The summed E-state index contributed by atoms with van der Waals surface area (Å²) in [5.74, 6) is 1.62. The maximum atomic E-state index is 12.4. The Hall–Kier alpha value is -2.03. The summed E-state index contributed by atoms with van der Waals surface area (Å²) in [6, 6.07) is 10.8.